The van der Waals surface area contributed by atoms with Crippen molar-refractivity contribution in [3.05, 3.63) is 59.5 Å². The molecular formula is C18H19FN2O2. The molecule has 1 aliphatic rings. The van der Waals surface area contributed by atoms with Crippen molar-refractivity contribution in [1.82, 2.24) is 10.3 Å². The number of rotatable bonds is 4. The highest BCUT2D eigenvalue weighted by molar-refractivity contribution is 5.94. The molecule has 1 aliphatic carbocycles. The standard InChI is InChI=1S/C18H19FN2O2/c1-23-16-9-4-13(12-20-16)17(22)21-18(10-2-3-11-18)14-5-7-15(19)8-6-14/h4-9,12H,2-3,10-11H2,1H3,(H,21,22). The van der Waals surface area contributed by atoms with Gasteiger partial charge in [-0.25, -0.2) is 9.37 Å². The van der Waals surface area contributed by atoms with Crippen LogP contribution >= 0.6 is 0 Å². The van der Waals surface area contributed by atoms with Crippen molar-refractivity contribution in [3.63, 3.8) is 0 Å². The number of aromatic nitrogens is 1. The number of benzene rings is 1. The van der Waals surface area contributed by atoms with E-state index in [1.54, 1.807) is 24.3 Å². The zero-order chi connectivity index (χ0) is 16.3. The zero-order valence-electron chi connectivity index (χ0n) is 13.0. The fourth-order valence-electron chi connectivity index (χ4n) is 3.16. The molecule has 0 atom stereocenters. The van der Waals surface area contributed by atoms with E-state index >= 15 is 0 Å². The third-order valence-electron chi connectivity index (χ3n) is 4.41. The predicted octanol–water partition coefficient (Wildman–Crippen LogP) is 3.43. The van der Waals surface area contributed by atoms with E-state index in [0.717, 1.165) is 31.2 Å². The molecule has 1 aromatic heterocycles. The van der Waals surface area contributed by atoms with Gasteiger partial charge >= 0.3 is 0 Å². The number of amides is 1. The van der Waals surface area contributed by atoms with Crippen molar-refractivity contribution < 1.29 is 13.9 Å². The van der Waals surface area contributed by atoms with Gasteiger partial charge in [0.05, 0.1) is 18.2 Å². The Hall–Kier alpha value is -2.43. The van der Waals surface area contributed by atoms with Gasteiger partial charge in [0.15, 0.2) is 0 Å². The summed E-state index contributed by atoms with van der Waals surface area (Å²) in [5.41, 5.74) is 1.01. The molecule has 1 aromatic carbocycles. The van der Waals surface area contributed by atoms with E-state index in [2.05, 4.69) is 10.3 Å². The third-order valence-corrected chi connectivity index (χ3v) is 4.41. The van der Waals surface area contributed by atoms with Gasteiger partial charge in [-0.05, 0) is 36.6 Å². The van der Waals surface area contributed by atoms with Gasteiger partial charge in [-0.3, -0.25) is 4.79 Å². The number of nitrogens with one attached hydrogen (secondary N) is 1. The molecule has 0 saturated heterocycles. The Morgan fingerprint density at radius 2 is 1.87 bits per heavy atom. The normalized spacial score (nSPS) is 16.1. The minimum absolute atomic E-state index is 0.175. The first-order valence-corrected chi connectivity index (χ1v) is 7.72. The number of carbonyl (C=O) groups is 1. The molecule has 3 rings (SSSR count). The second-order valence-corrected chi connectivity index (χ2v) is 5.84. The van der Waals surface area contributed by atoms with Crippen LogP contribution in [0.5, 0.6) is 5.88 Å². The van der Waals surface area contributed by atoms with Gasteiger partial charge in [0.1, 0.15) is 5.82 Å². The van der Waals surface area contributed by atoms with Crippen LogP contribution in [0.4, 0.5) is 4.39 Å². The summed E-state index contributed by atoms with van der Waals surface area (Å²) in [5.74, 6) is 0.0228. The lowest BCUT2D eigenvalue weighted by Gasteiger charge is -2.31. The van der Waals surface area contributed by atoms with Crippen LogP contribution in [0.25, 0.3) is 0 Å². The number of methoxy groups -OCH3 is 1. The SMILES string of the molecule is COc1ccc(C(=O)NC2(c3ccc(F)cc3)CCCC2)cn1. The molecule has 1 saturated carbocycles. The number of pyridine rings is 1. The maximum Gasteiger partial charge on any atom is 0.253 e. The lowest BCUT2D eigenvalue weighted by Crippen LogP contribution is -2.43. The van der Waals surface area contributed by atoms with Crippen molar-refractivity contribution in [2.45, 2.75) is 31.2 Å². The lowest BCUT2D eigenvalue weighted by molar-refractivity contribution is 0.0897. The lowest BCUT2D eigenvalue weighted by atomic mass is 9.88. The monoisotopic (exact) mass is 314 g/mol. The zero-order valence-corrected chi connectivity index (χ0v) is 13.0. The molecule has 1 heterocycles. The van der Waals surface area contributed by atoms with E-state index in [4.69, 9.17) is 4.74 Å². The average molecular weight is 314 g/mol. The van der Waals surface area contributed by atoms with Crippen LogP contribution in [-0.2, 0) is 5.54 Å². The fraction of sp³-hybridized carbons (Fsp3) is 0.333. The van der Waals surface area contributed by atoms with Crippen LogP contribution in [0.15, 0.2) is 42.6 Å². The van der Waals surface area contributed by atoms with E-state index in [9.17, 15) is 9.18 Å². The van der Waals surface area contributed by atoms with Gasteiger partial charge in [-0.2, -0.15) is 0 Å². The molecule has 0 unspecified atom stereocenters. The van der Waals surface area contributed by atoms with Crippen LogP contribution in [0.3, 0.4) is 0 Å². The Kier molecular flexibility index (Phi) is 4.28. The van der Waals surface area contributed by atoms with E-state index in [1.165, 1.54) is 25.4 Å². The van der Waals surface area contributed by atoms with Gasteiger partial charge in [0, 0.05) is 12.3 Å². The maximum absolute atomic E-state index is 13.2. The van der Waals surface area contributed by atoms with Gasteiger partial charge < -0.3 is 10.1 Å². The molecule has 0 bridgehead atoms. The van der Waals surface area contributed by atoms with Crippen LogP contribution < -0.4 is 10.1 Å². The average Bonchev–Trinajstić information content (AvgIpc) is 3.05. The minimum atomic E-state index is -0.426. The summed E-state index contributed by atoms with van der Waals surface area (Å²) in [5, 5.41) is 3.14. The number of carbonyl (C=O) groups excluding carboxylic acids is 1. The third kappa shape index (κ3) is 3.18. The Balaban J connectivity index is 1.84. The first-order chi connectivity index (χ1) is 11.1. The predicted molar refractivity (Wildman–Crippen MR) is 84.8 cm³/mol. The Morgan fingerprint density at radius 3 is 2.43 bits per heavy atom. The first kappa shape index (κ1) is 15.5. The molecule has 1 amide bonds. The van der Waals surface area contributed by atoms with E-state index in [1.807, 2.05) is 0 Å². The molecular weight excluding hydrogens is 295 g/mol. The van der Waals surface area contributed by atoms with E-state index in [-0.39, 0.29) is 11.7 Å². The summed E-state index contributed by atoms with van der Waals surface area (Å²) >= 11 is 0. The Labute approximate surface area is 134 Å². The van der Waals surface area contributed by atoms with Crippen molar-refractivity contribution >= 4 is 5.91 Å². The fourth-order valence-corrected chi connectivity index (χ4v) is 3.16. The molecule has 0 radical (unpaired) electrons. The molecule has 1 N–H and O–H groups in total. The summed E-state index contributed by atoms with van der Waals surface area (Å²) in [6.45, 7) is 0. The second kappa shape index (κ2) is 6.36. The largest absolute Gasteiger partial charge is 0.481 e. The summed E-state index contributed by atoms with van der Waals surface area (Å²) in [6, 6.07) is 9.75. The van der Waals surface area contributed by atoms with E-state index in [0.29, 0.717) is 11.4 Å². The summed E-state index contributed by atoms with van der Waals surface area (Å²) in [7, 11) is 1.53. The smallest absolute Gasteiger partial charge is 0.253 e. The van der Waals surface area contributed by atoms with Gasteiger partial charge in [-0.1, -0.05) is 25.0 Å². The number of nitrogens with zero attached hydrogens (tertiary/aromatic N) is 1. The van der Waals surface area contributed by atoms with Crippen molar-refractivity contribution in [2.75, 3.05) is 7.11 Å². The van der Waals surface area contributed by atoms with E-state index < -0.39 is 5.54 Å². The maximum atomic E-state index is 13.2. The quantitative estimate of drug-likeness (QED) is 0.940. The molecule has 0 aliphatic heterocycles. The first-order valence-electron chi connectivity index (χ1n) is 7.72. The molecule has 0 spiro atoms. The highest BCUT2D eigenvalue weighted by atomic mass is 19.1. The van der Waals surface area contributed by atoms with Gasteiger partial charge in [0.2, 0.25) is 5.88 Å². The number of ether oxygens (including phenoxy) is 1. The molecule has 2 aromatic rings. The molecule has 4 nitrogen and oxygen atoms in total. The summed E-state index contributed by atoms with van der Waals surface area (Å²) in [6.07, 6.45) is 5.29. The van der Waals surface area contributed by atoms with Crippen molar-refractivity contribution in [3.8, 4) is 5.88 Å². The Bertz CT molecular complexity index is 677. The molecule has 23 heavy (non-hydrogen) atoms. The second-order valence-electron chi connectivity index (χ2n) is 5.84. The Morgan fingerprint density at radius 1 is 1.17 bits per heavy atom. The van der Waals surface area contributed by atoms with Crippen LogP contribution in [0.2, 0.25) is 0 Å². The minimum Gasteiger partial charge on any atom is -0.481 e. The number of halogens is 1. The summed E-state index contributed by atoms with van der Waals surface area (Å²) < 4.78 is 18.2. The highest BCUT2D eigenvalue weighted by Crippen LogP contribution is 2.39. The van der Waals surface area contributed by atoms with Crippen LogP contribution in [0, 0.1) is 5.82 Å². The van der Waals surface area contributed by atoms with Gasteiger partial charge in [0.25, 0.3) is 5.91 Å². The van der Waals surface area contributed by atoms with Crippen molar-refractivity contribution in [1.29, 1.82) is 0 Å². The van der Waals surface area contributed by atoms with Crippen molar-refractivity contribution in [2.24, 2.45) is 0 Å². The summed E-state index contributed by atoms with van der Waals surface area (Å²) in [4.78, 5) is 16.6. The van der Waals surface area contributed by atoms with Gasteiger partial charge in [-0.15, -0.1) is 0 Å². The molecule has 5 heteroatoms. The number of hydrogen-bond donors (Lipinski definition) is 1. The highest BCUT2D eigenvalue weighted by Gasteiger charge is 2.37. The van der Waals surface area contributed by atoms with Crippen LogP contribution in [-0.4, -0.2) is 18.0 Å². The number of hydrogen-bond acceptors (Lipinski definition) is 3. The molecule has 1 fully saturated rings. The molecule has 120 valence electrons. The topological polar surface area (TPSA) is 51.2 Å². The van der Waals surface area contributed by atoms with Crippen LogP contribution in [0.1, 0.15) is 41.6 Å².